The van der Waals surface area contributed by atoms with Gasteiger partial charge >= 0.3 is 0 Å². The molecule has 78 valence electrons. The number of rotatable bonds is 0. The van der Waals surface area contributed by atoms with E-state index < -0.39 is 0 Å². The zero-order valence-electron chi connectivity index (χ0n) is 9.29. The molecule has 0 radical (unpaired) electrons. The quantitative estimate of drug-likeness (QED) is 0.512. The van der Waals surface area contributed by atoms with Gasteiger partial charge in [-0.25, -0.2) is 0 Å². The van der Waals surface area contributed by atoms with E-state index in [1.807, 2.05) is 0 Å². The average Bonchev–Trinajstić information content (AvgIpc) is 2.92. The molecule has 1 heteroatoms. The molecule has 1 aliphatic heterocycles. The van der Waals surface area contributed by atoms with Gasteiger partial charge in [0.1, 0.15) is 0 Å². The lowest BCUT2D eigenvalue weighted by atomic mass is 10.1. The van der Waals surface area contributed by atoms with Crippen LogP contribution < -0.4 is 0 Å². The van der Waals surface area contributed by atoms with Gasteiger partial charge in [-0.1, -0.05) is 46.7 Å². The van der Waals surface area contributed by atoms with Crippen molar-refractivity contribution in [1.29, 1.82) is 0 Å². The molecule has 0 atom stereocenters. The number of hydrogen-bond acceptors (Lipinski definition) is 0. The molecule has 0 saturated heterocycles. The summed E-state index contributed by atoms with van der Waals surface area (Å²) >= 11 is 0. The fraction of sp³-hybridized carbons (Fsp3) is 0.267. The van der Waals surface area contributed by atoms with E-state index in [4.69, 9.17) is 0 Å². The van der Waals surface area contributed by atoms with E-state index in [-0.39, 0.29) is 8.40 Å². The van der Waals surface area contributed by atoms with Crippen LogP contribution in [0.1, 0.15) is 22.3 Å². The summed E-state index contributed by atoms with van der Waals surface area (Å²) in [4.78, 5) is 0. The maximum Gasteiger partial charge on any atom is 0.0451 e. The van der Waals surface area contributed by atoms with E-state index in [0.29, 0.717) is 0 Å². The van der Waals surface area contributed by atoms with Gasteiger partial charge < -0.3 is 0 Å². The van der Waals surface area contributed by atoms with E-state index in [2.05, 4.69) is 36.4 Å². The lowest BCUT2D eigenvalue weighted by Crippen LogP contribution is -2.05. The Morgan fingerprint density at radius 3 is 2.88 bits per heavy atom. The minimum absolute atomic E-state index is 0.286. The zero-order valence-corrected chi connectivity index (χ0v) is 10.3. The molecule has 0 amide bonds. The van der Waals surface area contributed by atoms with Gasteiger partial charge in [0, 0.05) is 8.40 Å². The topological polar surface area (TPSA) is 0 Å². The van der Waals surface area contributed by atoms with Crippen LogP contribution in [0.15, 0.2) is 36.4 Å². The Labute approximate surface area is 97.5 Å². The van der Waals surface area contributed by atoms with Gasteiger partial charge in [-0.3, -0.25) is 0 Å². The standard InChI is InChI=1S/C15H14Si/c1-2-6-13-11(4-1)10-15-14(13)8-7-12-5-3-9-16(12)15/h1-2,4,6-8H,3,5,9-10H2. The first kappa shape index (κ1) is 8.88. The molecule has 0 bridgehead atoms. The Kier molecular flexibility index (Phi) is 1.74. The normalized spacial score (nSPS) is 15.8. The van der Waals surface area contributed by atoms with Crippen LogP contribution in [-0.4, -0.2) is 8.40 Å². The summed E-state index contributed by atoms with van der Waals surface area (Å²) in [5.41, 5.74) is 4.65. The molecular weight excluding hydrogens is 208 g/mol. The maximum absolute atomic E-state index is 2.43. The van der Waals surface area contributed by atoms with Crippen LogP contribution in [0, 0.1) is 0 Å². The van der Waals surface area contributed by atoms with Gasteiger partial charge in [0.25, 0.3) is 0 Å². The zero-order chi connectivity index (χ0) is 10.5. The van der Waals surface area contributed by atoms with E-state index >= 15 is 0 Å². The Hall–Kier alpha value is -1.21. The Bertz CT molecular complexity index is 584. The van der Waals surface area contributed by atoms with Crippen LogP contribution in [0.5, 0.6) is 0 Å². The van der Waals surface area contributed by atoms with Gasteiger partial charge in [-0.2, -0.15) is 0 Å². The first-order chi connectivity index (χ1) is 7.93. The molecule has 0 N–H and O–H groups in total. The van der Waals surface area contributed by atoms with Crippen LogP contribution in [-0.2, 0) is 18.9 Å². The summed E-state index contributed by atoms with van der Waals surface area (Å²) in [6, 6.07) is 15.3. The molecule has 2 heterocycles. The molecule has 2 aliphatic rings. The summed E-state index contributed by atoms with van der Waals surface area (Å²) in [6.07, 6.45) is 4.05. The van der Waals surface area contributed by atoms with Crippen LogP contribution in [0.4, 0.5) is 0 Å². The molecule has 1 aromatic heterocycles. The van der Waals surface area contributed by atoms with Gasteiger partial charge in [0.2, 0.25) is 0 Å². The van der Waals surface area contributed by atoms with Gasteiger partial charge in [0.05, 0.1) is 0 Å². The van der Waals surface area contributed by atoms with Gasteiger partial charge in [-0.15, -0.1) is 0 Å². The highest BCUT2D eigenvalue weighted by Gasteiger charge is 2.24. The summed E-state index contributed by atoms with van der Waals surface area (Å²) in [5.74, 6) is 0. The van der Waals surface area contributed by atoms with E-state index in [9.17, 15) is 0 Å². The molecule has 0 fully saturated rings. The molecule has 0 nitrogen and oxygen atoms in total. The number of hydrogen-bond donors (Lipinski definition) is 0. The predicted molar refractivity (Wildman–Crippen MR) is 69.0 cm³/mol. The van der Waals surface area contributed by atoms with Crippen molar-refractivity contribution in [2.75, 3.05) is 0 Å². The summed E-state index contributed by atoms with van der Waals surface area (Å²) in [7, 11) is -0.286. The van der Waals surface area contributed by atoms with Crippen molar-refractivity contribution in [1.82, 2.24) is 0 Å². The average molecular weight is 222 g/mol. The maximum atomic E-state index is 2.43. The minimum Gasteiger partial charge on any atom is -0.0633 e. The monoisotopic (exact) mass is 222 g/mol. The summed E-state index contributed by atoms with van der Waals surface area (Å²) < 4.78 is 0. The molecule has 1 aliphatic carbocycles. The Morgan fingerprint density at radius 2 is 1.88 bits per heavy atom. The fourth-order valence-electron chi connectivity index (χ4n) is 3.32. The number of benzene rings is 1. The van der Waals surface area contributed by atoms with Crippen molar-refractivity contribution in [2.24, 2.45) is 0 Å². The molecule has 1 aromatic carbocycles. The second kappa shape index (κ2) is 3.14. The third kappa shape index (κ3) is 1.07. The summed E-state index contributed by atoms with van der Waals surface area (Å²) in [5, 5.41) is 3.60. The number of aryl methyl sites for hydroxylation is 1. The first-order valence-electron chi connectivity index (χ1n) is 6.15. The van der Waals surface area contributed by atoms with Crippen LogP contribution >= 0.6 is 0 Å². The Morgan fingerprint density at radius 1 is 0.938 bits per heavy atom. The van der Waals surface area contributed by atoms with Crippen LogP contribution in [0.3, 0.4) is 0 Å². The SMILES string of the molecule is c1ccc2c(c1)Cc1c-2ccc2[si]1CCC2. The molecule has 2 aromatic rings. The predicted octanol–water partition coefficient (Wildman–Crippen LogP) is 3.23. The molecule has 0 spiro atoms. The van der Waals surface area contributed by atoms with Crippen molar-refractivity contribution >= 4 is 8.40 Å². The minimum atomic E-state index is -0.286. The smallest absolute Gasteiger partial charge is 0.0451 e. The van der Waals surface area contributed by atoms with Crippen LogP contribution in [0.25, 0.3) is 11.1 Å². The van der Waals surface area contributed by atoms with Gasteiger partial charge in [0.15, 0.2) is 0 Å². The number of fused-ring (bicyclic) bond motifs is 5. The van der Waals surface area contributed by atoms with Crippen molar-refractivity contribution in [3.8, 4) is 11.1 Å². The highest BCUT2D eigenvalue weighted by Crippen LogP contribution is 2.37. The molecule has 16 heavy (non-hydrogen) atoms. The summed E-state index contributed by atoms with van der Waals surface area (Å²) in [6.45, 7) is 0. The van der Waals surface area contributed by atoms with Crippen LogP contribution in [0.2, 0.25) is 0 Å². The fourth-order valence-corrected chi connectivity index (χ4v) is 6.58. The highest BCUT2D eigenvalue weighted by molar-refractivity contribution is 6.57. The molecule has 0 saturated carbocycles. The van der Waals surface area contributed by atoms with Crippen molar-refractivity contribution in [3.05, 3.63) is 52.3 Å². The molecule has 4 rings (SSSR count). The van der Waals surface area contributed by atoms with Crippen molar-refractivity contribution in [3.63, 3.8) is 0 Å². The highest BCUT2D eigenvalue weighted by atomic mass is 28.2. The van der Waals surface area contributed by atoms with E-state index in [1.165, 1.54) is 30.9 Å². The Balaban J connectivity index is 2.01. The van der Waals surface area contributed by atoms with Crippen molar-refractivity contribution < 1.29 is 0 Å². The third-order valence-electron chi connectivity index (χ3n) is 4.08. The van der Waals surface area contributed by atoms with Gasteiger partial charge in [-0.05, 0) is 42.0 Å². The largest absolute Gasteiger partial charge is 0.0633 e. The van der Waals surface area contributed by atoms with Crippen molar-refractivity contribution in [2.45, 2.75) is 25.3 Å². The van der Waals surface area contributed by atoms with E-state index in [1.54, 1.807) is 21.5 Å². The lowest BCUT2D eigenvalue weighted by molar-refractivity contribution is 0.933. The second-order valence-corrected chi connectivity index (χ2v) is 7.62. The first-order valence-corrected chi connectivity index (χ1v) is 7.86. The second-order valence-electron chi connectivity index (χ2n) is 4.92. The third-order valence-corrected chi connectivity index (χ3v) is 7.30. The van der Waals surface area contributed by atoms with E-state index in [0.717, 1.165) is 0 Å². The molecular formula is C15H14Si. The molecule has 0 unspecified atom stereocenters. The lowest BCUT2D eigenvalue weighted by Gasteiger charge is -2.06.